The Morgan fingerprint density at radius 2 is 2.15 bits per heavy atom. The fourth-order valence-corrected chi connectivity index (χ4v) is 1.87. The number of nitrogens with one attached hydrogen (secondary N) is 1. The summed E-state index contributed by atoms with van der Waals surface area (Å²) in [5.74, 6) is 1.60. The Kier molecular flexibility index (Phi) is 7.81. The van der Waals surface area contributed by atoms with E-state index < -0.39 is 0 Å². The van der Waals surface area contributed by atoms with Crippen LogP contribution in [0.25, 0.3) is 0 Å². The number of benzene rings is 1. The second-order valence-electron chi connectivity index (χ2n) is 4.94. The summed E-state index contributed by atoms with van der Waals surface area (Å²) < 4.78 is 11.2. The van der Waals surface area contributed by atoms with Gasteiger partial charge in [-0.05, 0) is 50.4 Å². The van der Waals surface area contributed by atoms with Crippen LogP contribution in [0.3, 0.4) is 0 Å². The molecule has 0 aliphatic carbocycles. The minimum absolute atomic E-state index is 0.572. The van der Waals surface area contributed by atoms with Crippen molar-refractivity contribution in [2.75, 3.05) is 20.3 Å². The predicted octanol–water partition coefficient (Wildman–Crippen LogP) is 3.58. The minimum atomic E-state index is 0.572. The van der Waals surface area contributed by atoms with Crippen LogP contribution < -0.4 is 14.8 Å². The van der Waals surface area contributed by atoms with E-state index in [0.717, 1.165) is 37.3 Å². The average Bonchev–Trinajstić information content (AvgIpc) is 2.47. The van der Waals surface area contributed by atoms with Gasteiger partial charge in [-0.25, -0.2) is 0 Å². The SMILES string of the molecule is C=CCc1ccc(OCCCNC(C)CC)c(OC)c1. The van der Waals surface area contributed by atoms with E-state index in [9.17, 15) is 0 Å². The van der Waals surface area contributed by atoms with Gasteiger partial charge in [-0.3, -0.25) is 0 Å². The molecule has 0 aliphatic rings. The van der Waals surface area contributed by atoms with Crippen molar-refractivity contribution in [1.29, 1.82) is 0 Å². The molecule has 0 aromatic heterocycles. The van der Waals surface area contributed by atoms with E-state index in [4.69, 9.17) is 9.47 Å². The Hall–Kier alpha value is -1.48. The van der Waals surface area contributed by atoms with Crippen LogP contribution in [0.5, 0.6) is 11.5 Å². The molecule has 1 rings (SSSR count). The third kappa shape index (κ3) is 5.66. The molecular formula is C17H27NO2. The molecule has 1 aromatic rings. The predicted molar refractivity (Wildman–Crippen MR) is 84.8 cm³/mol. The monoisotopic (exact) mass is 277 g/mol. The Morgan fingerprint density at radius 3 is 2.80 bits per heavy atom. The zero-order chi connectivity index (χ0) is 14.8. The number of hydrogen-bond acceptors (Lipinski definition) is 3. The van der Waals surface area contributed by atoms with Gasteiger partial charge in [0.2, 0.25) is 0 Å². The maximum absolute atomic E-state index is 5.79. The molecule has 0 radical (unpaired) electrons. The molecule has 0 fully saturated rings. The van der Waals surface area contributed by atoms with Gasteiger partial charge in [-0.1, -0.05) is 19.1 Å². The Labute approximate surface area is 123 Å². The van der Waals surface area contributed by atoms with Gasteiger partial charge >= 0.3 is 0 Å². The lowest BCUT2D eigenvalue weighted by molar-refractivity contribution is 0.285. The van der Waals surface area contributed by atoms with Crippen LogP contribution in [0.15, 0.2) is 30.9 Å². The molecule has 1 unspecified atom stereocenters. The second-order valence-corrected chi connectivity index (χ2v) is 4.94. The summed E-state index contributed by atoms with van der Waals surface area (Å²) in [6, 6.07) is 6.60. The Balaban J connectivity index is 2.41. The Bertz CT molecular complexity index is 404. The van der Waals surface area contributed by atoms with Crippen molar-refractivity contribution in [3.8, 4) is 11.5 Å². The lowest BCUT2D eigenvalue weighted by atomic mass is 10.1. The molecule has 1 atom stereocenters. The van der Waals surface area contributed by atoms with Crippen LogP contribution in [0.2, 0.25) is 0 Å². The first-order valence-electron chi connectivity index (χ1n) is 7.35. The van der Waals surface area contributed by atoms with Crippen molar-refractivity contribution in [2.24, 2.45) is 0 Å². The molecule has 0 bridgehead atoms. The average molecular weight is 277 g/mol. The number of methoxy groups -OCH3 is 1. The zero-order valence-corrected chi connectivity index (χ0v) is 12.9. The molecule has 1 N–H and O–H groups in total. The lowest BCUT2D eigenvalue weighted by Crippen LogP contribution is -2.27. The maximum atomic E-state index is 5.79. The van der Waals surface area contributed by atoms with Crippen molar-refractivity contribution in [1.82, 2.24) is 5.32 Å². The number of ether oxygens (including phenoxy) is 2. The van der Waals surface area contributed by atoms with Gasteiger partial charge < -0.3 is 14.8 Å². The number of hydrogen-bond donors (Lipinski definition) is 1. The van der Waals surface area contributed by atoms with Gasteiger partial charge in [0.25, 0.3) is 0 Å². The highest BCUT2D eigenvalue weighted by atomic mass is 16.5. The summed E-state index contributed by atoms with van der Waals surface area (Å²) in [5, 5.41) is 3.45. The van der Waals surface area contributed by atoms with E-state index in [1.807, 2.05) is 18.2 Å². The van der Waals surface area contributed by atoms with Crippen molar-refractivity contribution >= 4 is 0 Å². The molecular weight excluding hydrogens is 250 g/mol. The molecule has 112 valence electrons. The summed E-state index contributed by atoms with van der Waals surface area (Å²) in [6.45, 7) is 9.80. The highest BCUT2D eigenvalue weighted by Crippen LogP contribution is 2.28. The maximum Gasteiger partial charge on any atom is 0.161 e. The third-order valence-electron chi connectivity index (χ3n) is 3.29. The molecule has 0 saturated carbocycles. The molecule has 0 amide bonds. The first-order chi connectivity index (χ1) is 9.71. The summed E-state index contributed by atoms with van der Waals surface area (Å²) in [4.78, 5) is 0. The normalized spacial score (nSPS) is 11.9. The first-order valence-corrected chi connectivity index (χ1v) is 7.35. The van der Waals surface area contributed by atoms with E-state index in [1.54, 1.807) is 7.11 Å². The fourth-order valence-electron chi connectivity index (χ4n) is 1.87. The highest BCUT2D eigenvalue weighted by Gasteiger charge is 2.05. The molecule has 0 aliphatic heterocycles. The molecule has 3 nitrogen and oxygen atoms in total. The molecule has 3 heteroatoms. The van der Waals surface area contributed by atoms with Crippen molar-refractivity contribution in [3.05, 3.63) is 36.4 Å². The van der Waals surface area contributed by atoms with E-state index in [2.05, 4.69) is 31.8 Å². The van der Waals surface area contributed by atoms with Crippen molar-refractivity contribution in [3.63, 3.8) is 0 Å². The van der Waals surface area contributed by atoms with Crippen LogP contribution in [0.1, 0.15) is 32.3 Å². The van der Waals surface area contributed by atoms with Crippen LogP contribution in [0.4, 0.5) is 0 Å². The summed E-state index contributed by atoms with van der Waals surface area (Å²) in [5.41, 5.74) is 1.18. The standard InChI is InChI=1S/C17H27NO2/c1-5-8-15-9-10-16(17(13-15)19-4)20-12-7-11-18-14(3)6-2/h5,9-10,13-14,18H,1,6-8,11-12H2,2-4H3. The molecule has 1 aromatic carbocycles. The van der Waals surface area contributed by atoms with Crippen LogP contribution in [0, 0.1) is 0 Å². The number of rotatable bonds is 10. The van der Waals surface area contributed by atoms with E-state index >= 15 is 0 Å². The molecule has 20 heavy (non-hydrogen) atoms. The largest absolute Gasteiger partial charge is 0.493 e. The third-order valence-corrected chi connectivity index (χ3v) is 3.29. The van der Waals surface area contributed by atoms with Gasteiger partial charge in [0.1, 0.15) is 0 Å². The molecule has 0 spiro atoms. The Morgan fingerprint density at radius 1 is 1.35 bits per heavy atom. The summed E-state index contributed by atoms with van der Waals surface area (Å²) in [6.07, 6.45) is 4.87. The van der Waals surface area contributed by atoms with Gasteiger partial charge in [0, 0.05) is 6.04 Å². The van der Waals surface area contributed by atoms with Crippen LogP contribution in [-0.4, -0.2) is 26.3 Å². The summed E-state index contributed by atoms with van der Waals surface area (Å²) in [7, 11) is 1.67. The highest BCUT2D eigenvalue weighted by molar-refractivity contribution is 5.43. The van der Waals surface area contributed by atoms with E-state index in [-0.39, 0.29) is 0 Å². The minimum Gasteiger partial charge on any atom is -0.493 e. The van der Waals surface area contributed by atoms with Crippen molar-refractivity contribution in [2.45, 2.75) is 39.2 Å². The fraction of sp³-hybridized carbons (Fsp3) is 0.529. The second kappa shape index (κ2) is 9.43. The quantitative estimate of drug-likeness (QED) is 0.524. The van der Waals surface area contributed by atoms with Crippen molar-refractivity contribution < 1.29 is 9.47 Å². The number of allylic oxidation sites excluding steroid dienone is 1. The van der Waals surface area contributed by atoms with Gasteiger partial charge in [-0.2, -0.15) is 0 Å². The lowest BCUT2D eigenvalue weighted by Gasteiger charge is -2.13. The van der Waals surface area contributed by atoms with E-state index in [0.29, 0.717) is 12.6 Å². The van der Waals surface area contributed by atoms with Gasteiger partial charge in [-0.15, -0.1) is 6.58 Å². The molecule has 0 heterocycles. The smallest absolute Gasteiger partial charge is 0.161 e. The van der Waals surface area contributed by atoms with Crippen LogP contribution in [-0.2, 0) is 6.42 Å². The van der Waals surface area contributed by atoms with E-state index in [1.165, 1.54) is 5.56 Å². The van der Waals surface area contributed by atoms with Gasteiger partial charge in [0.15, 0.2) is 11.5 Å². The van der Waals surface area contributed by atoms with Crippen LogP contribution >= 0.6 is 0 Å². The zero-order valence-electron chi connectivity index (χ0n) is 12.9. The molecule has 0 saturated heterocycles. The summed E-state index contributed by atoms with van der Waals surface area (Å²) >= 11 is 0. The first kappa shape index (κ1) is 16.6. The topological polar surface area (TPSA) is 30.5 Å². The van der Waals surface area contributed by atoms with Gasteiger partial charge in [0.05, 0.1) is 13.7 Å².